The molecule has 1 N–H and O–H groups in total. The van der Waals surface area contributed by atoms with Crippen LogP contribution in [-0.4, -0.2) is 0 Å². The largest absolute Gasteiger partial charge is 0.305 e. The first kappa shape index (κ1) is 13.6. The Balaban J connectivity index is 1.63. The van der Waals surface area contributed by atoms with Gasteiger partial charge in [0.25, 0.3) is 0 Å². The van der Waals surface area contributed by atoms with Crippen molar-refractivity contribution in [3.8, 4) is 10.4 Å². The molecule has 0 aliphatic rings. The van der Waals surface area contributed by atoms with Crippen LogP contribution in [-0.2, 0) is 6.54 Å². The lowest BCUT2D eigenvalue weighted by Crippen LogP contribution is -2.16. The molecule has 0 fully saturated rings. The number of thiophene rings is 2. The van der Waals surface area contributed by atoms with E-state index in [1.165, 1.54) is 20.2 Å². The smallest absolute Gasteiger partial charge is 0.0389 e. The minimum Gasteiger partial charge on any atom is -0.305 e. The maximum atomic E-state index is 3.59. The zero-order chi connectivity index (χ0) is 13.8. The lowest BCUT2D eigenvalue weighted by atomic mass is 10.2. The summed E-state index contributed by atoms with van der Waals surface area (Å²) >= 11 is 3.68. The Morgan fingerprint density at radius 2 is 1.85 bits per heavy atom. The molecular weight excluding hydrogens is 282 g/mol. The standard InChI is InChI=1S/C17H17NS2/c1-13(16-8-5-11-19-16)18-12-15-9-10-17(20-15)14-6-3-2-4-7-14/h2-11,13,18H,12H2,1H3/t13-/m1/s1. The summed E-state index contributed by atoms with van der Waals surface area (Å²) in [4.78, 5) is 4.11. The predicted molar refractivity (Wildman–Crippen MR) is 89.3 cm³/mol. The summed E-state index contributed by atoms with van der Waals surface area (Å²) in [6.45, 7) is 3.15. The average Bonchev–Trinajstić information content (AvgIpc) is 3.17. The molecule has 0 bridgehead atoms. The van der Waals surface area contributed by atoms with Gasteiger partial charge in [-0.15, -0.1) is 22.7 Å². The fourth-order valence-electron chi connectivity index (χ4n) is 2.12. The predicted octanol–water partition coefficient (Wildman–Crippen LogP) is 5.33. The van der Waals surface area contributed by atoms with E-state index in [-0.39, 0.29) is 0 Å². The molecular formula is C17H17NS2. The second-order valence-electron chi connectivity index (χ2n) is 4.75. The van der Waals surface area contributed by atoms with Crippen LogP contribution in [0.4, 0.5) is 0 Å². The van der Waals surface area contributed by atoms with E-state index < -0.39 is 0 Å². The molecule has 1 atom stereocenters. The number of rotatable bonds is 5. The van der Waals surface area contributed by atoms with E-state index in [0.29, 0.717) is 6.04 Å². The van der Waals surface area contributed by atoms with Gasteiger partial charge in [0.2, 0.25) is 0 Å². The van der Waals surface area contributed by atoms with E-state index in [4.69, 9.17) is 0 Å². The molecule has 1 nitrogen and oxygen atoms in total. The van der Waals surface area contributed by atoms with Crippen molar-refractivity contribution in [2.24, 2.45) is 0 Å². The van der Waals surface area contributed by atoms with Crippen LogP contribution < -0.4 is 5.32 Å². The number of hydrogen-bond donors (Lipinski definition) is 1. The summed E-state index contributed by atoms with van der Waals surface area (Å²) in [5.41, 5.74) is 1.30. The van der Waals surface area contributed by atoms with Crippen molar-refractivity contribution < 1.29 is 0 Å². The van der Waals surface area contributed by atoms with Gasteiger partial charge in [-0.1, -0.05) is 36.4 Å². The molecule has 3 heteroatoms. The molecule has 3 aromatic rings. The third kappa shape index (κ3) is 3.18. The van der Waals surface area contributed by atoms with Gasteiger partial charge in [-0.25, -0.2) is 0 Å². The second-order valence-corrected chi connectivity index (χ2v) is 6.90. The first-order valence-corrected chi connectivity index (χ1v) is 8.43. The van der Waals surface area contributed by atoms with Gasteiger partial charge in [0.15, 0.2) is 0 Å². The molecule has 0 unspecified atom stereocenters. The summed E-state index contributed by atoms with van der Waals surface area (Å²) in [5.74, 6) is 0. The molecule has 0 saturated heterocycles. The van der Waals surface area contributed by atoms with Crippen LogP contribution in [0.1, 0.15) is 22.7 Å². The quantitative estimate of drug-likeness (QED) is 0.671. The Morgan fingerprint density at radius 1 is 1.00 bits per heavy atom. The SMILES string of the molecule is C[C@@H](NCc1ccc(-c2ccccc2)s1)c1cccs1. The number of benzene rings is 1. The van der Waals surface area contributed by atoms with Crippen molar-refractivity contribution >= 4 is 22.7 Å². The van der Waals surface area contributed by atoms with E-state index in [0.717, 1.165) is 6.54 Å². The maximum absolute atomic E-state index is 3.59. The van der Waals surface area contributed by atoms with Gasteiger partial charge in [-0.05, 0) is 36.1 Å². The Hall–Kier alpha value is -1.42. The Morgan fingerprint density at radius 3 is 2.60 bits per heavy atom. The van der Waals surface area contributed by atoms with Crippen LogP contribution in [0, 0.1) is 0 Å². The maximum Gasteiger partial charge on any atom is 0.0389 e. The zero-order valence-electron chi connectivity index (χ0n) is 11.4. The summed E-state index contributed by atoms with van der Waals surface area (Å²) in [5, 5.41) is 5.72. The van der Waals surface area contributed by atoms with Crippen molar-refractivity contribution in [2.75, 3.05) is 0 Å². The highest BCUT2D eigenvalue weighted by molar-refractivity contribution is 7.15. The average molecular weight is 299 g/mol. The molecule has 0 saturated carbocycles. The number of nitrogens with one attached hydrogen (secondary N) is 1. The van der Waals surface area contributed by atoms with Gasteiger partial charge >= 0.3 is 0 Å². The molecule has 0 amide bonds. The van der Waals surface area contributed by atoms with Crippen molar-refractivity contribution in [3.05, 3.63) is 69.7 Å². The minimum absolute atomic E-state index is 0.414. The Bertz CT molecular complexity index is 641. The van der Waals surface area contributed by atoms with Crippen LogP contribution in [0.15, 0.2) is 60.0 Å². The molecule has 0 radical (unpaired) electrons. The molecule has 2 heterocycles. The van der Waals surface area contributed by atoms with Gasteiger partial charge in [0.1, 0.15) is 0 Å². The van der Waals surface area contributed by atoms with Crippen LogP contribution >= 0.6 is 22.7 Å². The van der Waals surface area contributed by atoms with Crippen molar-refractivity contribution in [1.82, 2.24) is 5.32 Å². The molecule has 2 aromatic heterocycles. The van der Waals surface area contributed by atoms with Crippen LogP contribution in [0.25, 0.3) is 10.4 Å². The highest BCUT2D eigenvalue weighted by Crippen LogP contribution is 2.28. The van der Waals surface area contributed by atoms with Crippen molar-refractivity contribution in [2.45, 2.75) is 19.5 Å². The minimum atomic E-state index is 0.414. The summed E-state index contributed by atoms with van der Waals surface area (Å²) in [6.07, 6.45) is 0. The molecule has 0 aliphatic heterocycles. The monoisotopic (exact) mass is 299 g/mol. The fourth-order valence-corrected chi connectivity index (χ4v) is 3.85. The first-order chi connectivity index (χ1) is 9.83. The first-order valence-electron chi connectivity index (χ1n) is 6.74. The highest BCUT2D eigenvalue weighted by Gasteiger charge is 2.07. The van der Waals surface area contributed by atoms with E-state index >= 15 is 0 Å². The van der Waals surface area contributed by atoms with Crippen molar-refractivity contribution in [3.63, 3.8) is 0 Å². The van der Waals surface area contributed by atoms with Gasteiger partial charge < -0.3 is 5.32 Å². The normalized spacial score (nSPS) is 12.4. The van der Waals surface area contributed by atoms with Gasteiger partial charge in [0, 0.05) is 27.2 Å². The topological polar surface area (TPSA) is 12.0 Å². The second kappa shape index (κ2) is 6.35. The third-order valence-corrected chi connectivity index (χ3v) is 5.46. The summed E-state index contributed by atoms with van der Waals surface area (Å²) < 4.78 is 0. The van der Waals surface area contributed by atoms with Crippen LogP contribution in [0.5, 0.6) is 0 Å². The Kier molecular flexibility index (Phi) is 4.31. The van der Waals surface area contributed by atoms with Gasteiger partial charge in [0.05, 0.1) is 0 Å². The zero-order valence-corrected chi connectivity index (χ0v) is 13.0. The van der Waals surface area contributed by atoms with E-state index in [1.54, 1.807) is 0 Å². The molecule has 3 rings (SSSR count). The van der Waals surface area contributed by atoms with Crippen molar-refractivity contribution in [1.29, 1.82) is 0 Å². The fraction of sp³-hybridized carbons (Fsp3) is 0.176. The summed E-state index contributed by atoms with van der Waals surface area (Å²) in [7, 11) is 0. The molecule has 0 aliphatic carbocycles. The van der Waals surface area contributed by atoms with Crippen LogP contribution in [0.2, 0.25) is 0 Å². The molecule has 1 aromatic carbocycles. The highest BCUT2D eigenvalue weighted by atomic mass is 32.1. The molecule has 20 heavy (non-hydrogen) atoms. The lowest BCUT2D eigenvalue weighted by Gasteiger charge is -2.10. The van der Waals surface area contributed by atoms with E-state index in [1.807, 2.05) is 22.7 Å². The number of hydrogen-bond acceptors (Lipinski definition) is 3. The van der Waals surface area contributed by atoms with E-state index in [2.05, 4.69) is 72.2 Å². The van der Waals surface area contributed by atoms with Gasteiger partial charge in [-0.3, -0.25) is 0 Å². The third-order valence-electron chi connectivity index (χ3n) is 3.27. The van der Waals surface area contributed by atoms with Gasteiger partial charge in [-0.2, -0.15) is 0 Å². The Labute approximate surface area is 127 Å². The molecule has 102 valence electrons. The lowest BCUT2D eigenvalue weighted by molar-refractivity contribution is 0.587. The molecule has 0 spiro atoms. The van der Waals surface area contributed by atoms with Crippen LogP contribution in [0.3, 0.4) is 0 Å². The summed E-state index contributed by atoms with van der Waals surface area (Å²) in [6, 6.07) is 19.7. The van der Waals surface area contributed by atoms with E-state index in [9.17, 15) is 0 Å².